The quantitative estimate of drug-likeness (QED) is 0.126. The zero-order valence-corrected chi connectivity index (χ0v) is 19.4. The van der Waals surface area contributed by atoms with Crippen molar-refractivity contribution in [1.29, 1.82) is 0 Å². The van der Waals surface area contributed by atoms with Crippen molar-refractivity contribution in [3.05, 3.63) is 35.9 Å². The molecule has 0 saturated carbocycles. The Morgan fingerprint density at radius 1 is 0.833 bits per heavy atom. The molecular formula is C22H30N4O10. The first-order chi connectivity index (χ1) is 16.8. The van der Waals surface area contributed by atoms with Crippen molar-refractivity contribution in [2.24, 2.45) is 5.73 Å². The molecule has 1 aromatic rings. The molecule has 9 N–H and O–H groups in total. The first-order valence-corrected chi connectivity index (χ1v) is 10.9. The van der Waals surface area contributed by atoms with E-state index in [9.17, 15) is 39.0 Å². The van der Waals surface area contributed by atoms with Gasteiger partial charge in [0, 0.05) is 6.42 Å². The molecule has 0 bridgehead atoms. The van der Waals surface area contributed by atoms with Gasteiger partial charge in [0.05, 0.1) is 18.6 Å². The standard InChI is InChI=1S/C22H30N4O10/c1-11(27)18(21(34)24-14(22(35)36)7-8-16(28)29)26-20(33)15(10-17(30)31)25-19(32)13(23)9-12-5-3-2-4-6-12/h2-6,11,13-15,18,27H,7-10,23H2,1H3,(H,24,34)(H,25,32)(H,26,33)(H,28,29)(H,30,31)(H,35,36). The largest absolute Gasteiger partial charge is 0.481 e. The van der Waals surface area contributed by atoms with E-state index in [1.807, 2.05) is 5.32 Å². The zero-order chi connectivity index (χ0) is 27.4. The van der Waals surface area contributed by atoms with Crippen molar-refractivity contribution in [1.82, 2.24) is 16.0 Å². The average molecular weight is 511 g/mol. The highest BCUT2D eigenvalue weighted by Crippen LogP contribution is 2.05. The number of aliphatic hydroxyl groups excluding tert-OH is 1. The van der Waals surface area contributed by atoms with Crippen LogP contribution in [-0.2, 0) is 35.2 Å². The zero-order valence-electron chi connectivity index (χ0n) is 19.4. The smallest absolute Gasteiger partial charge is 0.326 e. The van der Waals surface area contributed by atoms with Crippen LogP contribution in [-0.4, -0.2) is 86.3 Å². The molecule has 0 aliphatic rings. The Morgan fingerprint density at radius 2 is 1.42 bits per heavy atom. The third-order valence-electron chi connectivity index (χ3n) is 4.97. The molecule has 198 valence electrons. The Kier molecular flexibility index (Phi) is 12.0. The van der Waals surface area contributed by atoms with Gasteiger partial charge in [0.2, 0.25) is 17.7 Å². The summed E-state index contributed by atoms with van der Waals surface area (Å²) >= 11 is 0. The fourth-order valence-corrected chi connectivity index (χ4v) is 3.07. The van der Waals surface area contributed by atoms with E-state index >= 15 is 0 Å². The number of nitrogens with two attached hydrogens (primary N) is 1. The van der Waals surface area contributed by atoms with Crippen molar-refractivity contribution in [2.45, 2.75) is 62.9 Å². The molecule has 14 nitrogen and oxygen atoms in total. The Hall–Kier alpha value is -4.04. The van der Waals surface area contributed by atoms with Crippen molar-refractivity contribution in [3.63, 3.8) is 0 Å². The molecular weight excluding hydrogens is 480 g/mol. The van der Waals surface area contributed by atoms with Crippen molar-refractivity contribution >= 4 is 35.6 Å². The van der Waals surface area contributed by atoms with Gasteiger partial charge in [-0.1, -0.05) is 30.3 Å². The molecule has 0 radical (unpaired) electrons. The molecule has 0 fully saturated rings. The molecule has 0 saturated heterocycles. The Bertz CT molecular complexity index is 953. The summed E-state index contributed by atoms with van der Waals surface area (Å²) in [6.07, 6.45) is -3.38. The fraction of sp³-hybridized carbons (Fsp3) is 0.455. The summed E-state index contributed by atoms with van der Waals surface area (Å²) in [5.74, 6) is -7.42. The van der Waals surface area contributed by atoms with E-state index in [0.717, 1.165) is 12.5 Å². The van der Waals surface area contributed by atoms with Gasteiger partial charge in [0.15, 0.2) is 0 Å². The molecule has 1 rings (SSSR count). The second-order valence-electron chi connectivity index (χ2n) is 8.01. The molecule has 5 unspecified atom stereocenters. The number of aliphatic carboxylic acids is 3. The number of hydrogen-bond donors (Lipinski definition) is 8. The number of carbonyl (C=O) groups is 6. The number of nitrogens with one attached hydrogen (secondary N) is 3. The van der Waals surface area contributed by atoms with Gasteiger partial charge in [-0.2, -0.15) is 0 Å². The highest BCUT2D eigenvalue weighted by atomic mass is 16.4. The van der Waals surface area contributed by atoms with Crippen LogP contribution in [0.3, 0.4) is 0 Å². The number of benzene rings is 1. The van der Waals surface area contributed by atoms with Crippen LogP contribution in [0.25, 0.3) is 0 Å². The van der Waals surface area contributed by atoms with Crippen LogP contribution in [0.1, 0.15) is 31.7 Å². The molecule has 0 spiro atoms. The number of carbonyl (C=O) groups excluding carboxylic acids is 3. The lowest BCUT2D eigenvalue weighted by atomic mass is 10.0. The van der Waals surface area contributed by atoms with Gasteiger partial charge in [-0.3, -0.25) is 24.0 Å². The van der Waals surface area contributed by atoms with Crippen LogP contribution in [0.2, 0.25) is 0 Å². The SMILES string of the molecule is CC(O)C(NC(=O)C(CC(=O)O)NC(=O)C(N)Cc1ccccc1)C(=O)NC(CCC(=O)O)C(=O)O. The number of amides is 3. The molecule has 14 heteroatoms. The third-order valence-corrected chi connectivity index (χ3v) is 4.97. The predicted octanol–water partition coefficient (Wildman–Crippen LogP) is -2.18. The lowest BCUT2D eigenvalue weighted by molar-refractivity contribution is -0.145. The van der Waals surface area contributed by atoms with Crippen LogP contribution < -0.4 is 21.7 Å². The first-order valence-electron chi connectivity index (χ1n) is 10.9. The van der Waals surface area contributed by atoms with Gasteiger partial charge in [-0.25, -0.2) is 4.79 Å². The normalized spacial score (nSPS) is 14.9. The summed E-state index contributed by atoms with van der Waals surface area (Å²) in [5, 5.41) is 43.4. The third kappa shape index (κ3) is 10.5. The van der Waals surface area contributed by atoms with E-state index in [4.69, 9.17) is 15.9 Å². The molecule has 0 aliphatic carbocycles. The molecule has 3 amide bonds. The first kappa shape index (κ1) is 30.0. The van der Waals surface area contributed by atoms with E-state index in [2.05, 4.69) is 10.6 Å². The number of carboxylic acids is 3. The van der Waals surface area contributed by atoms with E-state index in [-0.39, 0.29) is 6.42 Å². The molecule has 1 aromatic carbocycles. The number of hydrogen-bond acceptors (Lipinski definition) is 8. The van der Waals surface area contributed by atoms with Gasteiger partial charge in [0.1, 0.15) is 18.1 Å². The maximum Gasteiger partial charge on any atom is 0.326 e. The lowest BCUT2D eigenvalue weighted by Gasteiger charge is -2.26. The van der Waals surface area contributed by atoms with Gasteiger partial charge in [-0.05, 0) is 25.3 Å². The molecule has 0 heterocycles. The summed E-state index contributed by atoms with van der Waals surface area (Å²) in [6, 6.07) is 2.51. The fourth-order valence-electron chi connectivity index (χ4n) is 3.07. The Balaban J connectivity index is 2.92. The van der Waals surface area contributed by atoms with Gasteiger partial charge < -0.3 is 42.1 Å². The Morgan fingerprint density at radius 3 is 1.92 bits per heavy atom. The minimum Gasteiger partial charge on any atom is -0.481 e. The minimum atomic E-state index is -1.74. The lowest BCUT2D eigenvalue weighted by Crippen LogP contribution is -2.60. The van der Waals surface area contributed by atoms with E-state index in [1.54, 1.807) is 30.3 Å². The van der Waals surface area contributed by atoms with Crippen molar-refractivity contribution in [2.75, 3.05) is 0 Å². The van der Waals surface area contributed by atoms with Crippen molar-refractivity contribution in [3.8, 4) is 0 Å². The highest BCUT2D eigenvalue weighted by Gasteiger charge is 2.33. The van der Waals surface area contributed by atoms with Crippen LogP contribution in [0, 0.1) is 0 Å². The van der Waals surface area contributed by atoms with E-state index in [0.29, 0.717) is 0 Å². The van der Waals surface area contributed by atoms with Gasteiger partial charge in [-0.15, -0.1) is 0 Å². The van der Waals surface area contributed by atoms with E-state index in [1.165, 1.54) is 0 Å². The summed E-state index contributed by atoms with van der Waals surface area (Å²) in [7, 11) is 0. The average Bonchev–Trinajstić information content (AvgIpc) is 2.79. The topological polar surface area (TPSA) is 245 Å². The van der Waals surface area contributed by atoms with Crippen LogP contribution in [0.4, 0.5) is 0 Å². The molecule has 5 atom stereocenters. The molecule has 0 aromatic heterocycles. The number of aliphatic hydroxyl groups is 1. The van der Waals surface area contributed by atoms with Crippen LogP contribution in [0.15, 0.2) is 30.3 Å². The number of carboxylic acid groups (broad SMARTS) is 3. The van der Waals surface area contributed by atoms with Crippen molar-refractivity contribution < 1.29 is 49.2 Å². The van der Waals surface area contributed by atoms with E-state index < -0.39 is 85.2 Å². The minimum absolute atomic E-state index is 0.0969. The van der Waals surface area contributed by atoms with Gasteiger partial charge in [0.25, 0.3) is 0 Å². The summed E-state index contributed by atoms with van der Waals surface area (Å²) < 4.78 is 0. The molecule has 36 heavy (non-hydrogen) atoms. The number of rotatable bonds is 15. The summed E-state index contributed by atoms with van der Waals surface area (Å²) in [4.78, 5) is 71.1. The summed E-state index contributed by atoms with van der Waals surface area (Å²) in [6.45, 7) is 1.11. The van der Waals surface area contributed by atoms with Gasteiger partial charge >= 0.3 is 17.9 Å². The maximum atomic E-state index is 12.7. The molecule has 0 aliphatic heterocycles. The van der Waals surface area contributed by atoms with Crippen LogP contribution >= 0.6 is 0 Å². The highest BCUT2D eigenvalue weighted by molar-refractivity contribution is 5.96. The maximum absolute atomic E-state index is 12.7. The predicted molar refractivity (Wildman–Crippen MR) is 122 cm³/mol. The second kappa shape index (κ2) is 14.4. The summed E-state index contributed by atoms with van der Waals surface area (Å²) in [5.41, 5.74) is 6.59. The monoisotopic (exact) mass is 510 g/mol. The van der Waals surface area contributed by atoms with Crippen LogP contribution in [0.5, 0.6) is 0 Å². The second-order valence-corrected chi connectivity index (χ2v) is 8.01. The Labute approximate surface area is 205 Å².